The molecule has 0 nitrogen and oxygen atoms in total. The van der Waals surface area contributed by atoms with Crippen LogP contribution in [0.1, 0.15) is 19.8 Å². The van der Waals surface area contributed by atoms with Gasteiger partial charge in [-0.25, -0.2) is 0 Å². The third-order valence-corrected chi connectivity index (χ3v) is 5.59. The van der Waals surface area contributed by atoms with Crippen LogP contribution in [0, 0.1) is 11.3 Å². The van der Waals surface area contributed by atoms with Crippen molar-refractivity contribution < 1.29 is 0 Å². The van der Waals surface area contributed by atoms with Gasteiger partial charge in [-0.2, -0.15) is 0 Å². The third-order valence-electron chi connectivity index (χ3n) is 2.99. The lowest BCUT2D eigenvalue weighted by atomic mass is 10.0. The first kappa shape index (κ1) is 7.35. The Hall–Kier alpha value is 0.700. The van der Waals surface area contributed by atoms with Crippen LogP contribution in [0.25, 0.3) is 0 Å². The Kier molecular flexibility index (Phi) is 1.26. The first-order valence-electron chi connectivity index (χ1n) is 3.59. The molecule has 0 saturated heterocycles. The lowest BCUT2D eigenvalue weighted by molar-refractivity contribution is 0.518. The van der Waals surface area contributed by atoms with Gasteiger partial charge >= 0.3 is 0 Å². The number of alkyl halides is 2. The monoisotopic (exact) mass is 264 g/mol. The van der Waals surface area contributed by atoms with Crippen molar-refractivity contribution in [3.8, 4) is 0 Å². The van der Waals surface area contributed by atoms with Crippen LogP contribution in [0.4, 0.5) is 0 Å². The molecule has 2 saturated carbocycles. The van der Waals surface area contributed by atoms with E-state index in [1.807, 2.05) is 0 Å². The van der Waals surface area contributed by atoms with Crippen LogP contribution in [0.2, 0.25) is 0 Å². The van der Waals surface area contributed by atoms with Crippen LogP contribution >= 0.6 is 31.9 Å². The van der Waals surface area contributed by atoms with Gasteiger partial charge in [0.15, 0.2) is 0 Å². The van der Waals surface area contributed by atoms with Crippen molar-refractivity contribution in [1.82, 2.24) is 0 Å². The Bertz CT molecular complexity index is 203. The molecule has 2 rings (SSSR count). The van der Waals surface area contributed by atoms with E-state index in [0.717, 1.165) is 5.92 Å². The first-order chi connectivity index (χ1) is 4.51. The number of allylic oxidation sites excluding steroid dienone is 1. The molecule has 10 heavy (non-hydrogen) atoms. The summed E-state index contributed by atoms with van der Waals surface area (Å²) in [5.74, 6) is 0.888. The molecule has 2 heteroatoms. The molecular formula is C8H10Br2. The Balaban J connectivity index is 2.27. The largest absolute Gasteiger partial charge is 0.111 e. The topological polar surface area (TPSA) is 0 Å². The summed E-state index contributed by atoms with van der Waals surface area (Å²) in [6, 6.07) is 0. The second-order valence-corrected chi connectivity index (χ2v) is 6.97. The van der Waals surface area contributed by atoms with Gasteiger partial charge in [-0.15, -0.1) is 0 Å². The van der Waals surface area contributed by atoms with Gasteiger partial charge in [0.2, 0.25) is 0 Å². The van der Waals surface area contributed by atoms with Crippen LogP contribution in [-0.2, 0) is 0 Å². The second kappa shape index (κ2) is 1.71. The molecule has 0 radical (unpaired) electrons. The molecule has 0 aromatic carbocycles. The molecule has 1 unspecified atom stereocenters. The molecule has 0 N–H and O–H groups in total. The zero-order chi connectivity index (χ0) is 7.57. The summed E-state index contributed by atoms with van der Waals surface area (Å²) in [5, 5.41) is 0. The van der Waals surface area contributed by atoms with E-state index in [4.69, 9.17) is 0 Å². The van der Waals surface area contributed by atoms with Crippen LogP contribution in [0.15, 0.2) is 12.2 Å². The quantitative estimate of drug-likeness (QED) is 0.503. The van der Waals surface area contributed by atoms with E-state index in [1.54, 1.807) is 0 Å². The molecule has 0 heterocycles. The van der Waals surface area contributed by atoms with Crippen molar-refractivity contribution in [2.24, 2.45) is 11.3 Å². The van der Waals surface area contributed by atoms with Gasteiger partial charge in [0.05, 0.1) is 0 Å². The highest BCUT2D eigenvalue weighted by molar-refractivity contribution is 9.25. The molecule has 0 aliphatic heterocycles. The molecule has 0 spiro atoms. The van der Waals surface area contributed by atoms with Gasteiger partial charge in [-0.3, -0.25) is 0 Å². The fraction of sp³-hybridized carbons (Fsp3) is 0.750. The number of hydrogen-bond donors (Lipinski definition) is 0. The summed E-state index contributed by atoms with van der Waals surface area (Å²) in [6.45, 7) is 6.33. The highest BCUT2D eigenvalue weighted by Gasteiger charge is 2.71. The average Bonchev–Trinajstić information content (AvgIpc) is 2.71. The van der Waals surface area contributed by atoms with Crippen molar-refractivity contribution in [2.75, 3.05) is 0 Å². The van der Waals surface area contributed by atoms with Crippen LogP contribution in [0.5, 0.6) is 0 Å². The molecule has 2 fully saturated rings. The van der Waals surface area contributed by atoms with Crippen molar-refractivity contribution >= 4 is 31.9 Å². The molecule has 0 aromatic rings. The summed E-state index contributed by atoms with van der Waals surface area (Å²) in [6.07, 6.45) is 2.77. The summed E-state index contributed by atoms with van der Waals surface area (Å²) < 4.78 is 0.0775. The van der Waals surface area contributed by atoms with E-state index in [9.17, 15) is 0 Å². The van der Waals surface area contributed by atoms with Gasteiger partial charge in [-0.05, 0) is 24.3 Å². The highest BCUT2D eigenvalue weighted by Crippen LogP contribution is 2.77. The Labute approximate surface area is 78.3 Å². The maximum atomic E-state index is 4.04. The number of halogens is 2. The van der Waals surface area contributed by atoms with E-state index < -0.39 is 0 Å². The molecule has 1 atom stereocenters. The highest BCUT2D eigenvalue weighted by atomic mass is 79.9. The van der Waals surface area contributed by atoms with Crippen molar-refractivity contribution in [3.05, 3.63) is 12.2 Å². The van der Waals surface area contributed by atoms with Gasteiger partial charge in [0.1, 0.15) is 3.23 Å². The third kappa shape index (κ3) is 0.626. The fourth-order valence-corrected chi connectivity index (χ4v) is 3.46. The van der Waals surface area contributed by atoms with Crippen LogP contribution in [-0.4, -0.2) is 3.23 Å². The van der Waals surface area contributed by atoms with E-state index in [-0.39, 0.29) is 3.23 Å². The Morgan fingerprint density at radius 1 is 1.50 bits per heavy atom. The molecule has 2 aliphatic carbocycles. The predicted molar refractivity (Wildman–Crippen MR) is 50.6 cm³/mol. The molecule has 56 valence electrons. The summed E-state index contributed by atoms with van der Waals surface area (Å²) >= 11 is 7.26. The van der Waals surface area contributed by atoms with Crippen molar-refractivity contribution in [1.29, 1.82) is 0 Å². The van der Waals surface area contributed by atoms with E-state index in [2.05, 4.69) is 45.4 Å². The van der Waals surface area contributed by atoms with Crippen LogP contribution < -0.4 is 0 Å². The van der Waals surface area contributed by atoms with Crippen LogP contribution in [0.3, 0.4) is 0 Å². The Morgan fingerprint density at radius 3 is 2.00 bits per heavy atom. The summed E-state index contributed by atoms with van der Waals surface area (Å²) in [7, 11) is 0. The number of hydrogen-bond acceptors (Lipinski definition) is 0. The minimum atomic E-state index is 0.0775. The van der Waals surface area contributed by atoms with Gasteiger partial charge in [0, 0.05) is 5.41 Å². The SMILES string of the molecule is C=C1C(Br)(Br)C1(C)C1CC1. The minimum Gasteiger partial charge on any atom is -0.0969 e. The van der Waals surface area contributed by atoms with Gasteiger partial charge in [0.25, 0.3) is 0 Å². The predicted octanol–water partition coefficient (Wildman–Crippen LogP) is 3.46. The van der Waals surface area contributed by atoms with Gasteiger partial charge in [-0.1, -0.05) is 45.4 Å². The zero-order valence-corrected chi connectivity index (χ0v) is 9.13. The van der Waals surface area contributed by atoms with Crippen molar-refractivity contribution in [3.63, 3.8) is 0 Å². The smallest absolute Gasteiger partial charge is 0.0969 e. The average molecular weight is 266 g/mol. The molecule has 0 amide bonds. The van der Waals surface area contributed by atoms with Gasteiger partial charge < -0.3 is 0 Å². The van der Waals surface area contributed by atoms with E-state index in [0.29, 0.717) is 5.41 Å². The first-order valence-corrected chi connectivity index (χ1v) is 5.17. The van der Waals surface area contributed by atoms with E-state index in [1.165, 1.54) is 18.4 Å². The fourth-order valence-electron chi connectivity index (χ4n) is 1.71. The Morgan fingerprint density at radius 2 is 1.90 bits per heavy atom. The summed E-state index contributed by atoms with van der Waals surface area (Å²) in [4.78, 5) is 0. The van der Waals surface area contributed by atoms with E-state index >= 15 is 0 Å². The standard InChI is InChI=1S/C8H10Br2/c1-5-7(2,6-3-4-6)8(5,9)10/h6H,1,3-4H2,2H3. The number of rotatable bonds is 1. The summed E-state index contributed by atoms with van der Waals surface area (Å²) in [5.41, 5.74) is 1.68. The molecule has 2 aliphatic rings. The molecule has 0 aromatic heterocycles. The molecule has 0 bridgehead atoms. The zero-order valence-electron chi connectivity index (χ0n) is 5.95. The molecular weight excluding hydrogens is 256 g/mol. The normalized spacial score (nSPS) is 43.7. The lowest BCUT2D eigenvalue weighted by Gasteiger charge is -2.07. The lowest BCUT2D eigenvalue weighted by Crippen LogP contribution is -2.05. The van der Waals surface area contributed by atoms with Crippen molar-refractivity contribution in [2.45, 2.75) is 23.0 Å². The maximum Gasteiger partial charge on any atom is 0.111 e. The second-order valence-electron chi connectivity index (χ2n) is 3.53. The minimum absolute atomic E-state index is 0.0775. The maximum absolute atomic E-state index is 4.04.